The van der Waals surface area contributed by atoms with Crippen LogP contribution in [0, 0.1) is 5.92 Å². The smallest absolute Gasteiger partial charge is 0.211 e. The van der Waals surface area contributed by atoms with Gasteiger partial charge in [0.25, 0.3) is 0 Å². The lowest BCUT2D eigenvalue weighted by molar-refractivity contribution is 0.317. The van der Waals surface area contributed by atoms with E-state index in [2.05, 4.69) is 0 Å². The van der Waals surface area contributed by atoms with Crippen molar-refractivity contribution in [1.29, 1.82) is 0 Å². The van der Waals surface area contributed by atoms with Gasteiger partial charge in [0.2, 0.25) is 10.0 Å². The van der Waals surface area contributed by atoms with E-state index in [-0.39, 0.29) is 12.0 Å². The highest BCUT2D eigenvalue weighted by Crippen LogP contribution is 2.18. The molecule has 1 saturated heterocycles. The maximum atomic E-state index is 11.3. The highest BCUT2D eigenvalue weighted by Gasteiger charge is 2.34. The van der Waals surface area contributed by atoms with Gasteiger partial charge in [-0.25, -0.2) is 12.7 Å². The second-order valence-electron chi connectivity index (χ2n) is 4.27. The molecule has 0 unspecified atom stereocenters. The molecule has 0 aromatic rings. The van der Waals surface area contributed by atoms with Crippen LogP contribution in [0.25, 0.3) is 0 Å². The minimum absolute atomic E-state index is 0.0351. The predicted octanol–water partition coefficient (Wildman–Crippen LogP) is -1.23. The first-order valence-electron chi connectivity index (χ1n) is 4.66. The predicted molar refractivity (Wildman–Crippen MR) is 56.4 cm³/mol. The zero-order chi connectivity index (χ0) is 10.9. The van der Waals surface area contributed by atoms with Gasteiger partial charge in [-0.1, -0.05) is 0 Å². The van der Waals surface area contributed by atoms with Gasteiger partial charge in [0.05, 0.1) is 6.26 Å². The molecule has 84 valence electrons. The lowest BCUT2D eigenvalue weighted by Gasteiger charge is -2.18. The standard InChI is InChI=1S/C8H19N3O2S/c1-10(2)4-7-5-11(6-8(7)9)14(3,12)13/h7-8H,4-6,9H2,1-3H3/t7-,8-/m1/s1. The lowest BCUT2D eigenvalue weighted by atomic mass is 10.0. The molecule has 0 radical (unpaired) electrons. The first kappa shape index (κ1) is 11.9. The van der Waals surface area contributed by atoms with Crippen molar-refractivity contribution < 1.29 is 8.42 Å². The molecule has 2 atom stereocenters. The molecule has 1 heterocycles. The third-order valence-electron chi connectivity index (χ3n) is 2.53. The van der Waals surface area contributed by atoms with Crippen LogP contribution in [0.5, 0.6) is 0 Å². The van der Waals surface area contributed by atoms with Crippen molar-refractivity contribution in [2.75, 3.05) is 40.0 Å². The van der Waals surface area contributed by atoms with Crippen molar-refractivity contribution in [1.82, 2.24) is 9.21 Å². The molecule has 0 amide bonds. The number of nitrogens with zero attached hydrogens (tertiary/aromatic N) is 2. The van der Waals surface area contributed by atoms with Gasteiger partial charge in [0.15, 0.2) is 0 Å². The van der Waals surface area contributed by atoms with E-state index < -0.39 is 10.0 Å². The van der Waals surface area contributed by atoms with E-state index in [9.17, 15) is 8.42 Å². The van der Waals surface area contributed by atoms with Crippen LogP contribution >= 0.6 is 0 Å². The van der Waals surface area contributed by atoms with Crippen LogP contribution in [-0.2, 0) is 10.0 Å². The summed E-state index contributed by atoms with van der Waals surface area (Å²) in [6, 6.07) is -0.0351. The molecule has 2 N–H and O–H groups in total. The molecular weight excluding hydrogens is 202 g/mol. The van der Waals surface area contributed by atoms with E-state index in [1.54, 1.807) is 0 Å². The Bertz CT molecular complexity index is 289. The summed E-state index contributed by atoms with van der Waals surface area (Å²) in [5, 5.41) is 0. The molecule has 0 aromatic heterocycles. The minimum Gasteiger partial charge on any atom is -0.326 e. The van der Waals surface area contributed by atoms with Crippen LogP contribution in [0.2, 0.25) is 0 Å². The van der Waals surface area contributed by atoms with Crippen molar-refractivity contribution in [3.63, 3.8) is 0 Å². The van der Waals surface area contributed by atoms with E-state index >= 15 is 0 Å². The highest BCUT2D eigenvalue weighted by molar-refractivity contribution is 7.88. The zero-order valence-corrected chi connectivity index (χ0v) is 9.79. The van der Waals surface area contributed by atoms with Crippen molar-refractivity contribution in [3.05, 3.63) is 0 Å². The average molecular weight is 221 g/mol. The summed E-state index contributed by atoms with van der Waals surface area (Å²) in [5.41, 5.74) is 5.88. The molecule has 0 bridgehead atoms. The fourth-order valence-corrected chi connectivity index (χ4v) is 2.69. The molecule has 0 aliphatic carbocycles. The molecule has 6 heteroatoms. The van der Waals surface area contributed by atoms with Gasteiger partial charge in [-0.3, -0.25) is 0 Å². The van der Waals surface area contributed by atoms with Crippen LogP contribution in [0.1, 0.15) is 0 Å². The fourth-order valence-electron chi connectivity index (χ4n) is 1.79. The number of hydrogen-bond donors (Lipinski definition) is 1. The Balaban J connectivity index is 2.60. The quantitative estimate of drug-likeness (QED) is 0.648. The SMILES string of the molecule is CN(C)C[C@@H]1CN(S(C)(=O)=O)C[C@H]1N. The Morgan fingerprint density at radius 3 is 2.36 bits per heavy atom. The van der Waals surface area contributed by atoms with Crippen molar-refractivity contribution >= 4 is 10.0 Å². The summed E-state index contributed by atoms with van der Waals surface area (Å²) in [7, 11) is 0.867. The number of hydrogen-bond acceptors (Lipinski definition) is 4. The number of nitrogens with two attached hydrogens (primary N) is 1. The second kappa shape index (κ2) is 4.14. The molecule has 0 spiro atoms. The number of rotatable bonds is 3. The monoisotopic (exact) mass is 221 g/mol. The third kappa shape index (κ3) is 2.91. The van der Waals surface area contributed by atoms with Gasteiger partial charge in [-0.05, 0) is 14.1 Å². The zero-order valence-electron chi connectivity index (χ0n) is 8.97. The number of sulfonamides is 1. The lowest BCUT2D eigenvalue weighted by Crippen LogP contribution is -2.35. The van der Waals surface area contributed by atoms with Crippen molar-refractivity contribution in [2.45, 2.75) is 6.04 Å². The minimum atomic E-state index is -3.07. The van der Waals surface area contributed by atoms with E-state index in [1.165, 1.54) is 10.6 Å². The maximum Gasteiger partial charge on any atom is 0.211 e. The molecular formula is C8H19N3O2S. The van der Waals surface area contributed by atoms with Gasteiger partial charge in [-0.2, -0.15) is 0 Å². The molecule has 1 rings (SSSR count). The van der Waals surface area contributed by atoms with Crippen molar-refractivity contribution in [2.24, 2.45) is 11.7 Å². The van der Waals surface area contributed by atoms with Crippen LogP contribution < -0.4 is 5.73 Å². The third-order valence-corrected chi connectivity index (χ3v) is 3.76. The Morgan fingerprint density at radius 1 is 1.43 bits per heavy atom. The maximum absolute atomic E-state index is 11.3. The largest absolute Gasteiger partial charge is 0.326 e. The van der Waals surface area contributed by atoms with Gasteiger partial charge in [0.1, 0.15) is 0 Å². The second-order valence-corrected chi connectivity index (χ2v) is 6.25. The van der Waals surface area contributed by atoms with E-state index in [4.69, 9.17) is 5.73 Å². The Morgan fingerprint density at radius 2 is 2.00 bits per heavy atom. The summed E-state index contributed by atoms with van der Waals surface area (Å²) < 4.78 is 24.0. The van der Waals surface area contributed by atoms with Crippen LogP contribution in [0.4, 0.5) is 0 Å². The molecule has 5 nitrogen and oxygen atoms in total. The van der Waals surface area contributed by atoms with E-state index in [0.717, 1.165) is 6.54 Å². The van der Waals surface area contributed by atoms with Gasteiger partial charge >= 0.3 is 0 Å². The highest BCUT2D eigenvalue weighted by atomic mass is 32.2. The summed E-state index contributed by atoms with van der Waals surface area (Å²) in [6.45, 7) is 1.85. The van der Waals surface area contributed by atoms with Gasteiger partial charge in [0, 0.05) is 31.6 Å². The Labute approximate surface area is 85.9 Å². The molecule has 1 aliphatic heterocycles. The first-order valence-corrected chi connectivity index (χ1v) is 6.51. The molecule has 1 fully saturated rings. The molecule has 1 aliphatic rings. The fraction of sp³-hybridized carbons (Fsp3) is 1.00. The normalized spacial score (nSPS) is 30.1. The van der Waals surface area contributed by atoms with Crippen LogP contribution in [0.3, 0.4) is 0 Å². The summed E-state index contributed by atoms with van der Waals surface area (Å²) in [6.07, 6.45) is 1.23. The van der Waals surface area contributed by atoms with E-state index in [1.807, 2.05) is 19.0 Å². The van der Waals surface area contributed by atoms with Gasteiger partial charge in [-0.15, -0.1) is 0 Å². The molecule has 0 aromatic carbocycles. The summed E-state index contributed by atoms with van der Waals surface area (Å²) >= 11 is 0. The summed E-state index contributed by atoms with van der Waals surface area (Å²) in [4.78, 5) is 2.04. The Kier molecular flexibility index (Phi) is 3.52. The first-order chi connectivity index (χ1) is 6.30. The average Bonchev–Trinajstić information content (AvgIpc) is 2.30. The van der Waals surface area contributed by atoms with Crippen LogP contribution in [-0.4, -0.2) is 63.7 Å². The van der Waals surface area contributed by atoms with Crippen molar-refractivity contribution in [3.8, 4) is 0 Å². The van der Waals surface area contributed by atoms with Crippen LogP contribution in [0.15, 0.2) is 0 Å². The molecule has 14 heavy (non-hydrogen) atoms. The Hall–Kier alpha value is -0.170. The molecule has 0 saturated carbocycles. The van der Waals surface area contributed by atoms with E-state index in [0.29, 0.717) is 13.1 Å². The topological polar surface area (TPSA) is 66.6 Å². The summed E-state index contributed by atoms with van der Waals surface area (Å²) in [5.74, 6) is 0.250. The van der Waals surface area contributed by atoms with Gasteiger partial charge < -0.3 is 10.6 Å².